The second-order valence-corrected chi connectivity index (χ2v) is 7.26. The molecule has 1 fully saturated rings. The average molecular weight is 370 g/mol. The van der Waals surface area contributed by atoms with Crippen LogP contribution in [0.1, 0.15) is 44.9 Å². The van der Waals surface area contributed by atoms with E-state index in [1.54, 1.807) is 0 Å². The Labute approximate surface area is 160 Å². The van der Waals surface area contributed by atoms with Gasteiger partial charge < -0.3 is 20.5 Å². The van der Waals surface area contributed by atoms with Gasteiger partial charge in [-0.1, -0.05) is 37.5 Å². The van der Waals surface area contributed by atoms with E-state index < -0.39 is 0 Å². The van der Waals surface area contributed by atoms with E-state index in [2.05, 4.69) is 44.9 Å². The van der Waals surface area contributed by atoms with Crippen LogP contribution in [-0.4, -0.2) is 35.6 Å². The van der Waals surface area contributed by atoms with Gasteiger partial charge in [-0.25, -0.2) is 4.79 Å². The van der Waals surface area contributed by atoms with Gasteiger partial charge in [-0.2, -0.15) is 0 Å². The topological polar surface area (TPSA) is 75.2 Å². The summed E-state index contributed by atoms with van der Waals surface area (Å²) in [4.78, 5) is 23.7. The molecule has 3 amide bonds. The van der Waals surface area contributed by atoms with Crippen molar-refractivity contribution in [3.8, 4) is 0 Å². The molecule has 0 unspecified atom stereocenters. The minimum Gasteiger partial charge on any atom is -0.356 e. The zero-order valence-electron chi connectivity index (χ0n) is 15.9. The fraction of sp³-hybridized carbons (Fsp3) is 0.524. The Bertz CT molecular complexity index is 749. The lowest BCUT2D eigenvalue weighted by molar-refractivity contribution is -0.120. The van der Waals surface area contributed by atoms with Crippen molar-refractivity contribution in [3.05, 3.63) is 36.5 Å². The zero-order chi connectivity index (χ0) is 18.9. The maximum atomic E-state index is 11.9. The lowest BCUT2D eigenvalue weighted by Crippen LogP contribution is -2.43. The molecule has 1 aliphatic rings. The van der Waals surface area contributed by atoms with Crippen molar-refractivity contribution >= 4 is 22.8 Å². The SMILES string of the molecule is O=C(CCNC(=O)NC1CCCCC1)NCCCn1ccc2ccccc21. The quantitative estimate of drug-likeness (QED) is 0.624. The largest absolute Gasteiger partial charge is 0.356 e. The van der Waals surface area contributed by atoms with Crippen LogP contribution in [0.15, 0.2) is 36.5 Å². The van der Waals surface area contributed by atoms with Gasteiger partial charge in [-0.15, -0.1) is 0 Å². The molecule has 0 spiro atoms. The molecule has 6 nitrogen and oxygen atoms in total. The number of urea groups is 1. The summed E-state index contributed by atoms with van der Waals surface area (Å²) in [6.45, 7) is 1.88. The lowest BCUT2D eigenvalue weighted by atomic mass is 9.96. The third kappa shape index (κ3) is 6.01. The van der Waals surface area contributed by atoms with Crippen molar-refractivity contribution in [2.24, 2.45) is 0 Å². The van der Waals surface area contributed by atoms with Crippen molar-refractivity contribution in [1.29, 1.82) is 0 Å². The van der Waals surface area contributed by atoms with Gasteiger partial charge in [0.05, 0.1) is 0 Å². The number of aromatic nitrogens is 1. The van der Waals surface area contributed by atoms with Crippen molar-refractivity contribution < 1.29 is 9.59 Å². The van der Waals surface area contributed by atoms with Crippen LogP contribution >= 0.6 is 0 Å². The molecule has 1 saturated carbocycles. The predicted octanol–water partition coefficient (Wildman–Crippen LogP) is 3.17. The molecule has 3 N–H and O–H groups in total. The van der Waals surface area contributed by atoms with E-state index in [1.807, 2.05) is 12.1 Å². The van der Waals surface area contributed by atoms with Crippen molar-refractivity contribution in [1.82, 2.24) is 20.5 Å². The molecule has 1 aromatic heterocycles. The van der Waals surface area contributed by atoms with Crippen LogP contribution in [0.25, 0.3) is 10.9 Å². The number of amides is 3. The molecule has 6 heteroatoms. The normalized spacial score (nSPS) is 14.8. The molecule has 0 bridgehead atoms. The number of aryl methyl sites for hydroxylation is 1. The molecule has 1 aliphatic carbocycles. The Morgan fingerprint density at radius 2 is 1.81 bits per heavy atom. The second kappa shape index (κ2) is 10.00. The zero-order valence-corrected chi connectivity index (χ0v) is 15.9. The molecule has 0 saturated heterocycles. The average Bonchev–Trinajstić information content (AvgIpc) is 3.09. The Morgan fingerprint density at radius 3 is 2.67 bits per heavy atom. The van der Waals surface area contributed by atoms with Gasteiger partial charge in [0.25, 0.3) is 0 Å². The van der Waals surface area contributed by atoms with Crippen LogP contribution in [0.4, 0.5) is 4.79 Å². The summed E-state index contributed by atoms with van der Waals surface area (Å²) in [7, 11) is 0. The standard InChI is InChI=1S/C21H30N4O2/c26-20(11-14-23-21(27)24-18-8-2-1-3-9-18)22-13-6-15-25-16-12-17-7-4-5-10-19(17)25/h4-5,7,10,12,16,18H,1-3,6,8-9,11,13-15H2,(H,22,26)(H2,23,24,27). The molecule has 0 atom stereocenters. The van der Waals surface area contributed by atoms with Crippen molar-refractivity contribution in [2.45, 2.75) is 57.5 Å². The Balaban J connectivity index is 1.26. The van der Waals surface area contributed by atoms with E-state index in [1.165, 1.54) is 30.2 Å². The van der Waals surface area contributed by atoms with Gasteiger partial charge in [0.1, 0.15) is 0 Å². The van der Waals surface area contributed by atoms with Crippen LogP contribution in [0, 0.1) is 0 Å². The number of rotatable bonds is 8. The summed E-state index contributed by atoms with van der Waals surface area (Å²) in [5, 5.41) is 9.93. The molecule has 146 valence electrons. The van der Waals surface area contributed by atoms with Gasteiger partial charge in [0.2, 0.25) is 5.91 Å². The Hall–Kier alpha value is -2.50. The third-order valence-electron chi connectivity index (χ3n) is 5.16. The molecule has 2 aromatic rings. The summed E-state index contributed by atoms with van der Waals surface area (Å²) in [6.07, 6.45) is 9.03. The minimum atomic E-state index is -0.158. The minimum absolute atomic E-state index is 0.0228. The highest BCUT2D eigenvalue weighted by Gasteiger charge is 2.15. The summed E-state index contributed by atoms with van der Waals surface area (Å²) >= 11 is 0. The maximum absolute atomic E-state index is 11.9. The third-order valence-corrected chi connectivity index (χ3v) is 5.16. The number of carbonyl (C=O) groups excluding carboxylic acids is 2. The fourth-order valence-electron chi connectivity index (χ4n) is 3.67. The smallest absolute Gasteiger partial charge is 0.315 e. The number of hydrogen-bond donors (Lipinski definition) is 3. The van der Waals surface area contributed by atoms with Crippen molar-refractivity contribution in [2.75, 3.05) is 13.1 Å². The Kier molecular flexibility index (Phi) is 7.13. The van der Waals surface area contributed by atoms with Crippen LogP contribution in [0.3, 0.4) is 0 Å². The van der Waals surface area contributed by atoms with Crippen LogP contribution < -0.4 is 16.0 Å². The first kappa shape index (κ1) is 19.3. The van der Waals surface area contributed by atoms with Crippen LogP contribution in [0.5, 0.6) is 0 Å². The summed E-state index contributed by atoms with van der Waals surface area (Å²) in [6, 6.07) is 10.5. The number of carbonyl (C=O) groups is 2. The van der Waals surface area contributed by atoms with E-state index in [4.69, 9.17) is 0 Å². The highest BCUT2D eigenvalue weighted by molar-refractivity contribution is 5.80. The molecule has 1 aromatic carbocycles. The summed E-state index contributed by atoms with van der Waals surface area (Å²) in [5.41, 5.74) is 1.22. The molecular formula is C21H30N4O2. The van der Waals surface area contributed by atoms with Gasteiger partial charge in [-0.3, -0.25) is 4.79 Å². The van der Waals surface area contributed by atoms with E-state index in [0.717, 1.165) is 25.8 Å². The number of hydrogen-bond acceptors (Lipinski definition) is 2. The monoisotopic (exact) mass is 370 g/mol. The first-order chi connectivity index (χ1) is 13.2. The molecule has 3 rings (SSSR count). The lowest BCUT2D eigenvalue weighted by Gasteiger charge is -2.22. The van der Waals surface area contributed by atoms with Crippen molar-refractivity contribution in [3.63, 3.8) is 0 Å². The van der Waals surface area contributed by atoms with Gasteiger partial charge >= 0.3 is 6.03 Å². The van der Waals surface area contributed by atoms with Gasteiger partial charge in [-0.05, 0) is 36.8 Å². The van der Waals surface area contributed by atoms with E-state index in [-0.39, 0.29) is 18.0 Å². The van der Waals surface area contributed by atoms with Gasteiger partial charge in [0.15, 0.2) is 0 Å². The highest BCUT2D eigenvalue weighted by atomic mass is 16.2. The maximum Gasteiger partial charge on any atom is 0.315 e. The number of benzene rings is 1. The first-order valence-corrected chi connectivity index (χ1v) is 10.1. The van der Waals surface area contributed by atoms with E-state index in [0.29, 0.717) is 19.5 Å². The number of nitrogens with one attached hydrogen (secondary N) is 3. The fourth-order valence-corrected chi connectivity index (χ4v) is 3.67. The molecule has 0 aliphatic heterocycles. The number of para-hydroxylation sites is 1. The second-order valence-electron chi connectivity index (χ2n) is 7.26. The first-order valence-electron chi connectivity index (χ1n) is 10.1. The molecule has 27 heavy (non-hydrogen) atoms. The van der Waals surface area contributed by atoms with Gasteiger partial charge in [0, 0.05) is 43.8 Å². The van der Waals surface area contributed by atoms with Crippen LogP contribution in [-0.2, 0) is 11.3 Å². The molecule has 0 radical (unpaired) electrons. The summed E-state index contributed by atoms with van der Waals surface area (Å²) < 4.78 is 2.21. The summed E-state index contributed by atoms with van der Waals surface area (Å²) in [5.74, 6) is -0.0228. The molecule has 1 heterocycles. The molecular weight excluding hydrogens is 340 g/mol. The predicted molar refractivity (Wildman–Crippen MR) is 108 cm³/mol. The van der Waals surface area contributed by atoms with E-state index >= 15 is 0 Å². The highest BCUT2D eigenvalue weighted by Crippen LogP contribution is 2.17. The van der Waals surface area contributed by atoms with Crippen LogP contribution in [0.2, 0.25) is 0 Å². The Morgan fingerprint density at radius 1 is 1.00 bits per heavy atom. The van der Waals surface area contributed by atoms with E-state index in [9.17, 15) is 9.59 Å². The number of nitrogens with zero attached hydrogens (tertiary/aromatic N) is 1. The number of fused-ring (bicyclic) bond motifs is 1.